The van der Waals surface area contributed by atoms with Crippen LogP contribution in [-0.4, -0.2) is 42.0 Å². The predicted molar refractivity (Wildman–Crippen MR) is 119 cm³/mol. The summed E-state index contributed by atoms with van der Waals surface area (Å²) in [6.07, 6.45) is 9.76. The van der Waals surface area contributed by atoms with E-state index in [1.165, 1.54) is 5.56 Å². The fourth-order valence-corrected chi connectivity index (χ4v) is 5.15. The summed E-state index contributed by atoms with van der Waals surface area (Å²) in [4.78, 5) is 20.1. The molecule has 4 rings (SSSR count). The SMILES string of the molecule is COc1cccc(C2(C(=O)NC3CCN(C(C)c4ccncc4)CC3)CCCC2)c1. The van der Waals surface area contributed by atoms with Gasteiger partial charge in [0.1, 0.15) is 5.75 Å². The Morgan fingerprint density at radius 2 is 1.87 bits per heavy atom. The highest BCUT2D eigenvalue weighted by atomic mass is 16.5. The van der Waals surface area contributed by atoms with E-state index in [4.69, 9.17) is 4.74 Å². The fraction of sp³-hybridized carbons (Fsp3) is 0.520. The highest BCUT2D eigenvalue weighted by Crippen LogP contribution is 2.42. The first kappa shape index (κ1) is 20.9. The van der Waals surface area contributed by atoms with Crippen molar-refractivity contribution in [3.63, 3.8) is 0 Å². The molecule has 1 unspecified atom stereocenters. The minimum absolute atomic E-state index is 0.203. The summed E-state index contributed by atoms with van der Waals surface area (Å²) >= 11 is 0. The minimum atomic E-state index is -0.407. The number of nitrogens with one attached hydrogen (secondary N) is 1. The smallest absolute Gasteiger partial charge is 0.230 e. The molecule has 1 saturated carbocycles. The Balaban J connectivity index is 1.40. The summed E-state index contributed by atoms with van der Waals surface area (Å²) in [5.41, 5.74) is 1.99. The van der Waals surface area contributed by atoms with E-state index in [0.717, 1.165) is 62.9 Å². The quantitative estimate of drug-likeness (QED) is 0.778. The molecule has 0 bridgehead atoms. The Kier molecular flexibility index (Phi) is 6.38. The minimum Gasteiger partial charge on any atom is -0.497 e. The van der Waals surface area contributed by atoms with Gasteiger partial charge < -0.3 is 10.1 Å². The summed E-state index contributed by atoms with van der Waals surface area (Å²) in [6, 6.07) is 12.9. The molecule has 1 aliphatic heterocycles. The number of methoxy groups -OCH3 is 1. The number of nitrogens with zero attached hydrogens (tertiary/aromatic N) is 2. The molecule has 30 heavy (non-hydrogen) atoms. The molecule has 1 atom stereocenters. The van der Waals surface area contributed by atoms with Crippen molar-refractivity contribution in [2.24, 2.45) is 0 Å². The van der Waals surface area contributed by atoms with Crippen molar-refractivity contribution >= 4 is 5.91 Å². The zero-order valence-corrected chi connectivity index (χ0v) is 18.1. The second kappa shape index (κ2) is 9.17. The largest absolute Gasteiger partial charge is 0.497 e. The number of hydrogen-bond donors (Lipinski definition) is 1. The third kappa shape index (κ3) is 4.22. The Morgan fingerprint density at radius 3 is 2.53 bits per heavy atom. The number of hydrogen-bond acceptors (Lipinski definition) is 4. The first-order chi connectivity index (χ1) is 14.6. The summed E-state index contributed by atoms with van der Waals surface area (Å²) in [5, 5.41) is 3.42. The molecule has 1 aromatic heterocycles. The number of pyridine rings is 1. The van der Waals surface area contributed by atoms with Crippen LogP contribution in [0.1, 0.15) is 62.6 Å². The highest BCUT2D eigenvalue weighted by molar-refractivity contribution is 5.89. The standard InChI is InChI=1S/C25H33N3O2/c1-19(20-8-14-26-15-9-20)28-16-10-22(11-17-28)27-24(29)25(12-3-4-13-25)21-6-5-7-23(18-21)30-2/h5-9,14-15,18-19,22H,3-4,10-13,16-17H2,1-2H3,(H,27,29). The fourth-order valence-electron chi connectivity index (χ4n) is 5.15. The van der Waals surface area contributed by atoms with Gasteiger partial charge in [0.25, 0.3) is 0 Å². The molecule has 160 valence electrons. The molecule has 0 radical (unpaired) electrons. The van der Waals surface area contributed by atoms with E-state index in [1.54, 1.807) is 7.11 Å². The third-order valence-corrected chi connectivity index (χ3v) is 7.12. The maximum Gasteiger partial charge on any atom is 0.230 e. The van der Waals surface area contributed by atoms with E-state index < -0.39 is 5.41 Å². The molecule has 1 N–H and O–H groups in total. The monoisotopic (exact) mass is 407 g/mol. The van der Waals surface area contributed by atoms with Gasteiger partial charge in [-0.2, -0.15) is 0 Å². The Labute approximate surface area is 179 Å². The van der Waals surface area contributed by atoms with Crippen molar-refractivity contribution in [2.45, 2.75) is 62.9 Å². The van der Waals surface area contributed by atoms with Gasteiger partial charge in [-0.25, -0.2) is 0 Å². The van der Waals surface area contributed by atoms with Gasteiger partial charge in [-0.1, -0.05) is 25.0 Å². The molecule has 5 heteroatoms. The zero-order chi connectivity index (χ0) is 21.0. The van der Waals surface area contributed by atoms with E-state index >= 15 is 0 Å². The van der Waals surface area contributed by atoms with Gasteiger partial charge in [0, 0.05) is 37.6 Å². The van der Waals surface area contributed by atoms with Gasteiger partial charge in [0.15, 0.2) is 0 Å². The second-order valence-electron chi connectivity index (χ2n) is 8.76. The van der Waals surface area contributed by atoms with E-state index in [9.17, 15) is 4.79 Å². The van der Waals surface area contributed by atoms with E-state index in [1.807, 2.05) is 30.6 Å². The van der Waals surface area contributed by atoms with Crippen LogP contribution in [0.25, 0.3) is 0 Å². The first-order valence-corrected chi connectivity index (χ1v) is 11.2. The Hall–Kier alpha value is -2.40. The van der Waals surface area contributed by atoms with E-state index in [2.05, 4.69) is 40.3 Å². The van der Waals surface area contributed by atoms with Crippen LogP contribution in [0.15, 0.2) is 48.8 Å². The van der Waals surface area contributed by atoms with Gasteiger partial charge >= 0.3 is 0 Å². The average molecular weight is 408 g/mol. The van der Waals surface area contributed by atoms with Crippen molar-refractivity contribution in [1.29, 1.82) is 0 Å². The number of ether oxygens (including phenoxy) is 1. The molecule has 1 saturated heterocycles. The van der Waals surface area contributed by atoms with Gasteiger partial charge in [-0.15, -0.1) is 0 Å². The average Bonchev–Trinajstić information content (AvgIpc) is 3.31. The Morgan fingerprint density at radius 1 is 1.17 bits per heavy atom. The van der Waals surface area contributed by atoms with Gasteiger partial charge in [0.05, 0.1) is 12.5 Å². The van der Waals surface area contributed by atoms with Gasteiger partial charge in [0.2, 0.25) is 5.91 Å². The van der Waals surface area contributed by atoms with Gasteiger partial charge in [-0.05, 0) is 68.0 Å². The number of rotatable bonds is 6. The molecular weight excluding hydrogens is 374 g/mol. The van der Waals surface area contributed by atoms with E-state index in [0.29, 0.717) is 6.04 Å². The van der Waals surface area contributed by atoms with Crippen LogP contribution in [-0.2, 0) is 10.2 Å². The van der Waals surface area contributed by atoms with Crippen LogP contribution in [0.3, 0.4) is 0 Å². The van der Waals surface area contributed by atoms with Crippen molar-refractivity contribution in [3.05, 3.63) is 59.9 Å². The van der Waals surface area contributed by atoms with Crippen molar-refractivity contribution in [3.8, 4) is 5.75 Å². The molecule has 0 spiro atoms. The van der Waals surface area contributed by atoms with Crippen LogP contribution in [0.5, 0.6) is 5.75 Å². The maximum absolute atomic E-state index is 13.5. The molecule has 1 aliphatic carbocycles. The number of carbonyl (C=O) groups excluding carboxylic acids is 1. The first-order valence-electron chi connectivity index (χ1n) is 11.2. The number of likely N-dealkylation sites (tertiary alicyclic amines) is 1. The lowest BCUT2D eigenvalue weighted by molar-refractivity contribution is -0.127. The highest BCUT2D eigenvalue weighted by Gasteiger charge is 2.43. The van der Waals surface area contributed by atoms with Crippen molar-refractivity contribution < 1.29 is 9.53 Å². The van der Waals surface area contributed by atoms with Crippen LogP contribution >= 0.6 is 0 Å². The molecule has 2 aromatic rings. The lowest BCUT2D eigenvalue weighted by Crippen LogP contribution is -2.50. The molecule has 1 aromatic carbocycles. The normalized spacial score (nSPS) is 20.6. The number of piperidine rings is 1. The number of benzene rings is 1. The summed E-state index contributed by atoms with van der Waals surface area (Å²) in [5.74, 6) is 1.03. The predicted octanol–water partition coefficient (Wildman–Crippen LogP) is 4.24. The zero-order valence-electron chi connectivity index (χ0n) is 18.1. The van der Waals surface area contributed by atoms with Gasteiger partial charge in [-0.3, -0.25) is 14.7 Å². The summed E-state index contributed by atoms with van der Waals surface area (Å²) < 4.78 is 5.42. The number of amides is 1. The summed E-state index contributed by atoms with van der Waals surface area (Å²) in [6.45, 7) is 4.26. The second-order valence-corrected chi connectivity index (χ2v) is 8.76. The van der Waals surface area contributed by atoms with Crippen LogP contribution < -0.4 is 10.1 Å². The molecule has 2 fully saturated rings. The van der Waals surface area contributed by atoms with Crippen LogP contribution in [0, 0.1) is 0 Å². The van der Waals surface area contributed by atoms with Crippen molar-refractivity contribution in [2.75, 3.05) is 20.2 Å². The molecule has 2 aliphatic rings. The topological polar surface area (TPSA) is 54.5 Å². The van der Waals surface area contributed by atoms with Crippen LogP contribution in [0.4, 0.5) is 0 Å². The number of aromatic nitrogens is 1. The van der Waals surface area contributed by atoms with Crippen LogP contribution in [0.2, 0.25) is 0 Å². The van der Waals surface area contributed by atoms with E-state index in [-0.39, 0.29) is 11.9 Å². The molecular formula is C25H33N3O2. The van der Waals surface area contributed by atoms with Crippen molar-refractivity contribution in [1.82, 2.24) is 15.2 Å². The third-order valence-electron chi connectivity index (χ3n) is 7.12. The molecule has 1 amide bonds. The Bertz CT molecular complexity index is 840. The summed E-state index contributed by atoms with van der Waals surface area (Å²) in [7, 11) is 1.68. The molecule has 2 heterocycles. The lowest BCUT2D eigenvalue weighted by atomic mass is 9.77. The number of carbonyl (C=O) groups is 1. The lowest BCUT2D eigenvalue weighted by Gasteiger charge is -2.38. The molecule has 5 nitrogen and oxygen atoms in total. The maximum atomic E-state index is 13.5.